The van der Waals surface area contributed by atoms with Crippen molar-refractivity contribution in [3.8, 4) is 22.5 Å². The minimum atomic E-state index is -5.08. The number of nitrogens with zero attached hydrogens (tertiary/aromatic N) is 5. The molecular weight excluding hydrogens is 681 g/mol. The zero-order valence-corrected chi connectivity index (χ0v) is 25.2. The summed E-state index contributed by atoms with van der Waals surface area (Å²) in [4.78, 5) is 39.9. The molecule has 0 saturated carbocycles. The summed E-state index contributed by atoms with van der Waals surface area (Å²) >= 11 is 1.36. The lowest BCUT2D eigenvalue weighted by Gasteiger charge is -2.31. The van der Waals surface area contributed by atoms with Crippen LogP contribution in [-0.2, 0) is 14.4 Å². The number of carboxylic acids is 2. The molecular formula is C28H23F7N6O6S. The number of carboxylic acid groups (broad SMARTS) is 2. The molecule has 1 aliphatic heterocycles. The maximum absolute atomic E-state index is 14.9. The van der Waals surface area contributed by atoms with Gasteiger partial charge < -0.3 is 25.3 Å². The molecule has 256 valence electrons. The van der Waals surface area contributed by atoms with Crippen molar-refractivity contribution < 1.29 is 59.7 Å². The first-order valence-electron chi connectivity index (χ1n) is 13.5. The van der Waals surface area contributed by atoms with Crippen LogP contribution in [0.3, 0.4) is 0 Å². The van der Waals surface area contributed by atoms with E-state index < -0.39 is 24.3 Å². The Morgan fingerprint density at radius 3 is 2.17 bits per heavy atom. The Balaban J connectivity index is 0.000000314. The number of rotatable bonds is 3. The fraction of sp³-hybridized carbons (Fsp3) is 0.286. The number of anilines is 1. The van der Waals surface area contributed by atoms with Crippen LogP contribution in [0.1, 0.15) is 25.8 Å². The summed E-state index contributed by atoms with van der Waals surface area (Å²) < 4.78 is 87.0. The summed E-state index contributed by atoms with van der Waals surface area (Å²) in [5.74, 6) is -5.16. The molecule has 0 unspecified atom stereocenters. The molecule has 1 aromatic carbocycles. The molecule has 1 fully saturated rings. The number of carbonyl (C=O) groups is 3. The fourth-order valence-corrected chi connectivity index (χ4v) is 5.48. The van der Waals surface area contributed by atoms with E-state index in [1.165, 1.54) is 17.4 Å². The number of aliphatic carboxylic acids is 2. The van der Waals surface area contributed by atoms with Gasteiger partial charge in [-0.15, -0.1) is 11.3 Å². The van der Waals surface area contributed by atoms with Crippen LogP contribution in [-0.4, -0.2) is 78.1 Å². The number of fused-ring (bicyclic) bond motifs is 2. The molecule has 0 radical (unpaired) electrons. The van der Waals surface area contributed by atoms with Gasteiger partial charge in [0.15, 0.2) is 11.4 Å². The standard InChI is InChI=1S/C24H21FN6O2S.2C2HF3O2/c1-13(32)30-6-4-15(5-7-30)31-11-14(9-29-31)17-10-27-24(26)22-16(17)8-20(33-22)21-18(25)2-3-19-23(21)34-12-28-19;2*3-2(4,5)1(6)7/h2-3,8-12,15H,4-7H2,1H3,(H2,26,27);2*(H,6,7). The molecule has 20 heteroatoms. The van der Waals surface area contributed by atoms with E-state index in [9.17, 15) is 35.5 Å². The summed E-state index contributed by atoms with van der Waals surface area (Å²) in [7, 11) is 0. The Morgan fingerprint density at radius 2 is 1.60 bits per heavy atom. The Kier molecular flexibility index (Phi) is 10.3. The van der Waals surface area contributed by atoms with Gasteiger partial charge in [0.1, 0.15) is 11.6 Å². The topological polar surface area (TPSA) is 178 Å². The van der Waals surface area contributed by atoms with Crippen LogP contribution < -0.4 is 5.73 Å². The number of benzene rings is 1. The summed E-state index contributed by atoms with van der Waals surface area (Å²) in [5, 5.41) is 19.6. The Labute approximate surface area is 268 Å². The number of likely N-dealkylation sites (tertiary alicyclic amines) is 1. The lowest BCUT2D eigenvalue weighted by atomic mass is 10.0. The van der Waals surface area contributed by atoms with Crippen LogP contribution in [0.25, 0.3) is 43.6 Å². The van der Waals surface area contributed by atoms with Crippen molar-refractivity contribution in [1.29, 1.82) is 0 Å². The van der Waals surface area contributed by atoms with Gasteiger partial charge in [-0.3, -0.25) is 9.48 Å². The minimum absolute atomic E-state index is 0.108. The van der Waals surface area contributed by atoms with Crippen molar-refractivity contribution >= 4 is 56.2 Å². The molecule has 48 heavy (non-hydrogen) atoms. The number of thiazole rings is 1. The lowest BCUT2D eigenvalue weighted by Crippen LogP contribution is -2.37. The number of nitrogen functional groups attached to an aromatic ring is 1. The number of furan rings is 1. The van der Waals surface area contributed by atoms with Gasteiger partial charge in [-0.2, -0.15) is 31.4 Å². The predicted octanol–water partition coefficient (Wildman–Crippen LogP) is 6.14. The quantitative estimate of drug-likeness (QED) is 0.185. The second kappa shape index (κ2) is 13.8. The average Bonchev–Trinajstić information content (AvgIpc) is 3.77. The third kappa shape index (κ3) is 7.99. The maximum atomic E-state index is 14.9. The van der Waals surface area contributed by atoms with E-state index >= 15 is 0 Å². The number of hydrogen-bond acceptors (Lipinski definition) is 9. The number of piperidine rings is 1. The molecule has 1 aliphatic rings. The van der Waals surface area contributed by atoms with Gasteiger partial charge in [-0.25, -0.2) is 23.9 Å². The van der Waals surface area contributed by atoms with E-state index in [0.717, 1.165) is 47.1 Å². The molecule has 1 saturated heterocycles. The van der Waals surface area contributed by atoms with Crippen LogP contribution in [0.4, 0.5) is 36.6 Å². The second-order valence-corrected chi connectivity index (χ2v) is 10.9. The molecule has 0 spiro atoms. The van der Waals surface area contributed by atoms with Crippen molar-refractivity contribution in [3.63, 3.8) is 0 Å². The van der Waals surface area contributed by atoms with E-state index in [1.54, 1.807) is 30.9 Å². The molecule has 4 N–H and O–H groups in total. The first kappa shape index (κ1) is 35.6. The number of amides is 1. The smallest absolute Gasteiger partial charge is 0.475 e. The largest absolute Gasteiger partial charge is 0.490 e. The van der Waals surface area contributed by atoms with Crippen LogP contribution in [0.5, 0.6) is 0 Å². The maximum Gasteiger partial charge on any atom is 0.490 e. The normalized spacial score (nSPS) is 13.9. The van der Waals surface area contributed by atoms with Crippen molar-refractivity contribution in [2.24, 2.45) is 0 Å². The van der Waals surface area contributed by atoms with Gasteiger partial charge in [0.25, 0.3) is 0 Å². The van der Waals surface area contributed by atoms with Crippen LogP contribution in [0.15, 0.2) is 46.7 Å². The summed E-state index contributed by atoms with van der Waals surface area (Å²) in [6, 6.07) is 5.08. The van der Waals surface area contributed by atoms with Gasteiger partial charge >= 0.3 is 24.3 Å². The SMILES string of the molecule is CC(=O)N1CCC(n2cc(-c3cnc(N)c4oc(-c5c(F)ccc6ncsc56)cc34)cn2)CC1.O=C(O)C(F)(F)F.O=C(O)C(F)(F)F. The number of aromatic nitrogens is 4. The third-order valence-electron chi connectivity index (χ3n) is 6.96. The predicted molar refractivity (Wildman–Crippen MR) is 156 cm³/mol. The minimum Gasteiger partial charge on any atom is -0.475 e. The van der Waals surface area contributed by atoms with Gasteiger partial charge in [-0.1, -0.05) is 0 Å². The van der Waals surface area contributed by atoms with E-state index in [0.29, 0.717) is 22.4 Å². The van der Waals surface area contributed by atoms with Crippen molar-refractivity contribution in [3.05, 3.63) is 48.1 Å². The van der Waals surface area contributed by atoms with Crippen LogP contribution in [0, 0.1) is 5.82 Å². The Bertz CT molecular complexity index is 1940. The number of carbonyl (C=O) groups excluding carboxylic acids is 1. The number of hydrogen-bond donors (Lipinski definition) is 3. The van der Waals surface area contributed by atoms with Crippen molar-refractivity contribution in [1.82, 2.24) is 24.6 Å². The highest BCUT2D eigenvalue weighted by atomic mass is 32.1. The molecule has 0 atom stereocenters. The fourth-order valence-electron chi connectivity index (χ4n) is 4.65. The first-order valence-corrected chi connectivity index (χ1v) is 14.4. The van der Waals surface area contributed by atoms with Gasteiger partial charge in [0.2, 0.25) is 5.91 Å². The van der Waals surface area contributed by atoms with Crippen LogP contribution in [0.2, 0.25) is 0 Å². The summed E-state index contributed by atoms with van der Waals surface area (Å²) in [5.41, 5.74) is 11.0. The highest BCUT2D eigenvalue weighted by molar-refractivity contribution is 7.17. The van der Waals surface area contributed by atoms with E-state index in [-0.39, 0.29) is 23.6 Å². The molecule has 6 rings (SSSR count). The van der Waals surface area contributed by atoms with Crippen molar-refractivity contribution in [2.75, 3.05) is 18.8 Å². The summed E-state index contributed by atoms with van der Waals surface area (Å²) in [6.45, 7) is 3.05. The van der Waals surface area contributed by atoms with Gasteiger partial charge in [0.05, 0.1) is 33.5 Å². The van der Waals surface area contributed by atoms with Gasteiger partial charge in [0, 0.05) is 48.9 Å². The van der Waals surface area contributed by atoms with E-state index in [2.05, 4.69) is 15.1 Å². The molecule has 4 aromatic heterocycles. The molecule has 0 bridgehead atoms. The number of halogens is 7. The average molecular weight is 705 g/mol. The van der Waals surface area contributed by atoms with Crippen molar-refractivity contribution in [2.45, 2.75) is 38.2 Å². The summed E-state index contributed by atoms with van der Waals surface area (Å²) in [6.07, 6.45) is -2.99. The van der Waals surface area contributed by atoms with E-state index in [4.69, 9.17) is 30.0 Å². The second-order valence-electron chi connectivity index (χ2n) is 10.1. The molecule has 1 amide bonds. The number of pyridine rings is 1. The van der Waals surface area contributed by atoms with Crippen LogP contribution >= 0.6 is 11.3 Å². The zero-order chi connectivity index (χ0) is 35.6. The number of alkyl halides is 6. The zero-order valence-electron chi connectivity index (χ0n) is 24.3. The monoisotopic (exact) mass is 704 g/mol. The highest BCUT2D eigenvalue weighted by Gasteiger charge is 2.39. The van der Waals surface area contributed by atoms with Gasteiger partial charge in [-0.05, 0) is 31.0 Å². The first-order chi connectivity index (χ1) is 22.4. The molecule has 12 nitrogen and oxygen atoms in total. The van der Waals surface area contributed by atoms with E-state index in [1.807, 2.05) is 21.8 Å². The lowest BCUT2D eigenvalue weighted by molar-refractivity contribution is -0.193. The number of nitrogens with two attached hydrogens (primary N) is 1. The Morgan fingerprint density at radius 1 is 1.00 bits per heavy atom. The molecule has 5 heterocycles. The molecule has 5 aromatic rings. The third-order valence-corrected chi connectivity index (χ3v) is 7.82. The highest BCUT2D eigenvalue weighted by Crippen LogP contribution is 2.40. The Hall–Kier alpha value is -5.27. The molecule has 0 aliphatic carbocycles.